The number of nitrogens with one attached hydrogen (secondary N) is 1. The molecule has 112 valence electrons. The molecule has 1 aliphatic heterocycles. The molecule has 0 aromatic heterocycles. The van der Waals surface area contributed by atoms with E-state index in [1.54, 1.807) is 17.0 Å². The molecule has 21 heavy (non-hydrogen) atoms. The molecule has 6 nitrogen and oxygen atoms in total. The summed E-state index contributed by atoms with van der Waals surface area (Å²) in [6, 6.07) is 6.35. The van der Waals surface area contributed by atoms with Crippen LogP contribution in [-0.4, -0.2) is 46.0 Å². The van der Waals surface area contributed by atoms with Gasteiger partial charge in [0.1, 0.15) is 0 Å². The maximum atomic E-state index is 11.7. The van der Waals surface area contributed by atoms with Crippen molar-refractivity contribution in [2.24, 2.45) is 0 Å². The predicted octanol–water partition coefficient (Wildman–Crippen LogP) is 1.56. The topological polar surface area (TPSA) is 86.7 Å². The lowest BCUT2D eigenvalue weighted by molar-refractivity contribution is -0.121. The van der Waals surface area contributed by atoms with Crippen LogP contribution < -0.4 is 5.32 Å². The number of nitrogens with zero attached hydrogens (tertiary/aromatic N) is 1. The van der Waals surface area contributed by atoms with Gasteiger partial charge in [-0.1, -0.05) is 23.9 Å². The minimum absolute atomic E-state index is 0.0343. The molecule has 0 spiro atoms. The first-order valence-electron chi connectivity index (χ1n) is 6.57. The zero-order valence-electron chi connectivity index (χ0n) is 11.4. The van der Waals surface area contributed by atoms with E-state index in [-0.39, 0.29) is 23.1 Å². The van der Waals surface area contributed by atoms with Gasteiger partial charge in [0, 0.05) is 31.8 Å². The molecule has 0 aliphatic carbocycles. The quantitative estimate of drug-likeness (QED) is 0.833. The molecule has 0 saturated carbocycles. The minimum Gasteiger partial charge on any atom is -0.478 e. The monoisotopic (exact) mass is 308 g/mol. The van der Waals surface area contributed by atoms with Gasteiger partial charge in [0.2, 0.25) is 5.91 Å². The summed E-state index contributed by atoms with van der Waals surface area (Å²) in [5.41, 5.74) is 1.05. The molecule has 2 amide bonds. The lowest BCUT2D eigenvalue weighted by Crippen LogP contribution is -2.30. The van der Waals surface area contributed by atoms with Crippen molar-refractivity contribution in [3.8, 4) is 0 Å². The molecule has 1 aliphatic rings. The highest BCUT2D eigenvalue weighted by molar-refractivity contribution is 8.13. The van der Waals surface area contributed by atoms with Crippen molar-refractivity contribution in [1.82, 2.24) is 10.2 Å². The third-order valence-corrected chi connectivity index (χ3v) is 4.04. The van der Waals surface area contributed by atoms with E-state index in [0.717, 1.165) is 11.3 Å². The van der Waals surface area contributed by atoms with E-state index in [0.29, 0.717) is 19.6 Å². The van der Waals surface area contributed by atoms with Crippen LogP contribution in [0.15, 0.2) is 24.3 Å². The second-order valence-corrected chi connectivity index (χ2v) is 5.68. The van der Waals surface area contributed by atoms with E-state index in [1.165, 1.54) is 23.9 Å². The van der Waals surface area contributed by atoms with Gasteiger partial charge < -0.3 is 15.3 Å². The van der Waals surface area contributed by atoms with E-state index < -0.39 is 5.97 Å². The lowest BCUT2D eigenvalue weighted by atomic mass is 10.1. The highest BCUT2D eigenvalue weighted by Gasteiger charge is 2.21. The summed E-state index contributed by atoms with van der Waals surface area (Å²) >= 11 is 1.28. The first-order valence-corrected chi connectivity index (χ1v) is 7.55. The number of aromatic carboxylic acids is 1. The highest BCUT2D eigenvalue weighted by Crippen LogP contribution is 2.16. The van der Waals surface area contributed by atoms with Gasteiger partial charge in [-0.15, -0.1) is 0 Å². The van der Waals surface area contributed by atoms with Crippen LogP contribution in [0.5, 0.6) is 0 Å². The molecule has 7 heteroatoms. The van der Waals surface area contributed by atoms with E-state index >= 15 is 0 Å². The van der Waals surface area contributed by atoms with Gasteiger partial charge in [-0.05, 0) is 17.7 Å². The van der Waals surface area contributed by atoms with Crippen molar-refractivity contribution in [2.45, 2.75) is 13.0 Å². The molecule has 1 aromatic carbocycles. The Morgan fingerprint density at radius 3 is 2.57 bits per heavy atom. The Morgan fingerprint density at radius 1 is 1.29 bits per heavy atom. The maximum Gasteiger partial charge on any atom is 0.335 e. The average Bonchev–Trinajstić information content (AvgIpc) is 2.88. The summed E-state index contributed by atoms with van der Waals surface area (Å²) in [7, 11) is 0. The third kappa shape index (κ3) is 4.49. The molecular weight excluding hydrogens is 292 g/mol. The molecule has 0 unspecified atom stereocenters. The molecular formula is C14H16N2O4S. The first kappa shape index (κ1) is 15.4. The number of thioether (sulfide) groups is 1. The smallest absolute Gasteiger partial charge is 0.335 e. The normalized spacial score (nSPS) is 14.3. The Hall–Kier alpha value is -2.02. The van der Waals surface area contributed by atoms with Crippen LogP contribution in [0.2, 0.25) is 0 Å². The second-order valence-electron chi connectivity index (χ2n) is 4.63. The predicted molar refractivity (Wildman–Crippen MR) is 79.3 cm³/mol. The fourth-order valence-electron chi connectivity index (χ4n) is 1.92. The maximum absolute atomic E-state index is 11.7. The Bertz CT molecular complexity index is 544. The molecule has 1 heterocycles. The fraction of sp³-hybridized carbons (Fsp3) is 0.357. The van der Waals surface area contributed by atoms with Gasteiger partial charge in [0.25, 0.3) is 5.24 Å². The molecule has 0 atom stereocenters. The van der Waals surface area contributed by atoms with Crippen molar-refractivity contribution in [2.75, 3.05) is 18.8 Å². The molecule has 0 bridgehead atoms. The summed E-state index contributed by atoms with van der Waals surface area (Å²) in [4.78, 5) is 35.5. The van der Waals surface area contributed by atoms with Gasteiger partial charge in [-0.2, -0.15) is 0 Å². The van der Waals surface area contributed by atoms with Gasteiger partial charge in [0.15, 0.2) is 0 Å². The first-order chi connectivity index (χ1) is 10.1. The third-order valence-electron chi connectivity index (χ3n) is 3.14. The largest absolute Gasteiger partial charge is 0.478 e. The number of carbonyl (C=O) groups excluding carboxylic acids is 2. The van der Waals surface area contributed by atoms with E-state index in [2.05, 4.69) is 5.32 Å². The van der Waals surface area contributed by atoms with Gasteiger partial charge in [-0.25, -0.2) is 4.79 Å². The van der Waals surface area contributed by atoms with Crippen molar-refractivity contribution in [1.29, 1.82) is 0 Å². The SMILES string of the molecule is O=C(CCN1CCSC1=O)NCc1ccc(C(=O)O)cc1. The standard InChI is InChI=1S/C14H16N2O4S/c17-12(5-6-16-7-8-21-14(16)20)15-9-10-1-3-11(4-2-10)13(18)19/h1-4H,5-9H2,(H,15,17)(H,18,19). The molecule has 2 rings (SSSR count). The fourth-order valence-corrected chi connectivity index (χ4v) is 2.77. The molecule has 1 saturated heterocycles. The van der Waals surface area contributed by atoms with E-state index in [4.69, 9.17) is 5.11 Å². The molecule has 2 N–H and O–H groups in total. The van der Waals surface area contributed by atoms with Crippen molar-refractivity contribution >= 4 is 28.9 Å². The average molecular weight is 308 g/mol. The zero-order valence-corrected chi connectivity index (χ0v) is 12.2. The summed E-state index contributed by atoms with van der Waals surface area (Å²) in [6.07, 6.45) is 0.277. The summed E-state index contributed by atoms with van der Waals surface area (Å²) in [5.74, 6) is -0.308. The number of hydrogen-bond donors (Lipinski definition) is 2. The second kappa shape index (κ2) is 7.12. The highest BCUT2D eigenvalue weighted by atomic mass is 32.2. The number of carboxylic acid groups (broad SMARTS) is 1. The molecule has 1 fully saturated rings. The van der Waals surface area contributed by atoms with Crippen molar-refractivity contribution < 1.29 is 19.5 Å². The summed E-state index contributed by atoms with van der Waals surface area (Å²) in [5, 5.41) is 11.6. The Kier molecular flexibility index (Phi) is 5.21. The van der Waals surface area contributed by atoms with Crippen molar-refractivity contribution in [3.05, 3.63) is 35.4 Å². The van der Waals surface area contributed by atoms with Gasteiger partial charge >= 0.3 is 5.97 Å². The number of carbonyl (C=O) groups is 3. The van der Waals surface area contributed by atoms with Gasteiger partial charge in [-0.3, -0.25) is 9.59 Å². The van der Waals surface area contributed by atoms with Crippen LogP contribution in [-0.2, 0) is 11.3 Å². The number of carboxylic acids is 1. The van der Waals surface area contributed by atoms with Crippen LogP contribution in [0.4, 0.5) is 4.79 Å². The number of hydrogen-bond acceptors (Lipinski definition) is 4. The van der Waals surface area contributed by atoms with Gasteiger partial charge in [0.05, 0.1) is 5.56 Å². The van der Waals surface area contributed by atoms with Crippen molar-refractivity contribution in [3.63, 3.8) is 0 Å². The summed E-state index contributed by atoms with van der Waals surface area (Å²) < 4.78 is 0. The number of rotatable bonds is 6. The molecule has 0 radical (unpaired) electrons. The Morgan fingerprint density at radius 2 is 2.00 bits per heavy atom. The Labute approximate surface area is 126 Å². The van der Waals surface area contributed by atoms with Crippen LogP contribution in [0.1, 0.15) is 22.3 Å². The van der Waals surface area contributed by atoms with E-state index in [1.807, 2.05) is 0 Å². The summed E-state index contributed by atoms with van der Waals surface area (Å²) in [6.45, 7) is 1.49. The lowest BCUT2D eigenvalue weighted by Gasteiger charge is -2.13. The van der Waals surface area contributed by atoms with Crippen LogP contribution in [0.3, 0.4) is 0 Å². The van der Waals surface area contributed by atoms with Crippen LogP contribution in [0.25, 0.3) is 0 Å². The number of amides is 2. The zero-order chi connectivity index (χ0) is 15.2. The van der Waals surface area contributed by atoms with Crippen LogP contribution >= 0.6 is 11.8 Å². The van der Waals surface area contributed by atoms with Crippen LogP contribution in [0, 0.1) is 0 Å². The Balaban J connectivity index is 1.73. The molecule has 1 aromatic rings. The number of benzene rings is 1. The minimum atomic E-state index is -0.973. The van der Waals surface area contributed by atoms with E-state index in [9.17, 15) is 14.4 Å².